The molecule has 1 aliphatic rings. The molecule has 0 bridgehead atoms. The Morgan fingerprint density at radius 1 is 1.22 bits per heavy atom. The van der Waals surface area contributed by atoms with Crippen molar-refractivity contribution in [1.29, 1.82) is 0 Å². The fourth-order valence-corrected chi connectivity index (χ4v) is 3.90. The van der Waals surface area contributed by atoms with Crippen LogP contribution in [0.15, 0.2) is 29.1 Å². The van der Waals surface area contributed by atoms with E-state index in [1.54, 1.807) is 4.57 Å². The fraction of sp³-hybridized carbons (Fsp3) is 0.619. The summed E-state index contributed by atoms with van der Waals surface area (Å²) < 4.78 is 1.75. The predicted molar refractivity (Wildman–Crippen MR) is 109 cm³/mol. The van der Waals surface area contributed by atoms with E-state index in [1.807, 2.05) is 6.92 Å². The van der Waals surface area contributed by atoms with Gasteiger partial charge in [-0.25, -0.2) is 9.89 Å². The first-order valence-electron chi connectivity index (χ1n) is 10.1. The van der Waals surface area contributed by atoms with Gasteiger partial charge in [0, 0.05) is 25.6 Å². The summed E-state index contributed by atoms with van der Waals surface area (Å²) >= 11 is 0. The molecule has 1 atom stereocenters. The van der Waals surface area contributed by atoms with E-state index in [9.17, 15) is 4.79 Å². The first-order chi connectivity index (χ1) is 13.0. The average molecular weight is 372 g/mol. The van der Waals surface area contributed by atoms with Gasteiger partial charge in [0.2, 0.25) is 0 Å². The molecule has 1 aromatic carbocycles. The molecular formula is C21H33N5O. The first kappa shape index (κ1) is 19.8. The Bertz CT molecular complexity index is 769. The van der Waals surface area contributed by atoms with Crippen LogP contribution in [0.25, 0.3) is 0 Å². The van der Waals surface area contributed by atoms with Gasteiger partial charge >= 0.3 is 5.69 Å². The average Bonchev–Trinajstić information content (AvgIpc) is 3.02. The van der Waals surface area contributed by atoms with Crippen molar-refractivity contribution < 1.29 is 0 Å². The molecule has 1 fully saturated rings. The zero-order valence-electron chi connectivity index (χ0n) is 17.1. The number of H-pyrrole nitrogens is 1. The van der Waals surface area contributed by atoms with Gasteiger partial charge in [0.15, 0.2) is 0 Å². The van der Waals surface area contributed by atoms with Gasteiger partial charge in [0.05, 0.1) is 0 Å². The molecule has 2 heterocycles. The van der Waals surface area contributed by atoms with E-state index in [1.165, 1.54) is 24.0 Å². The second-order valence-electron chi connectivity index (χ2n) is 7.99. The van der Waals surface area contributed by atoms with E-state index >= 15 is 0 Å². The lowest BCUT2D eigenvalue weighted by molar-refractivity contribution is 0.175. The summed E-state index contributed by atoms with van der Waals surface area (Å²) in [4.78, 5) is 16.5. The molecule has 1 unspecified atom stereocenters. The van der Waals surface area contributed by atoms with Crippen LogP contribution >= 0.6 is 0 Å². The zero-order valence-corrected chi connectivity index (χ0v) is 17.1. The van der Waals surface area contributed by atoms with E-state index in [2.05, 4.69) is 65.3 Å². The zero-order chi connectivity index (χ0) is 19.4. The van der Waals surface area contributed by atoms with Gasteiger partial charge in [0.25, 0.3) is 0 Å². The predicted octanol–water partition coefficient (Wildman–Crippen LogP) is 2.67. The number of aromatic amines is 1. The third-order valence-corrected chi connectivity index (χ3v) is 5.97. The van der Waals surface area contributed by atoms with E-state index in [4.69, 9.17) is 0 Å². The van der Waals surface area contributed by atoms with Crippen molar-refractivity contribution in [3.05, 3.63) is 51.7 Å². The molecule has 148 valence electrons. The van der Waals surface area contributed by atoms with Crippen molar-refractivity contribution in [1.82, 2.24) is 24.6 Å². The number of likely N-dealkylation sites (tertiary alicyclic amines) is 1. The maximum absolute atomic E-state index is 11.7. The van der Waals surface area contributed by atoms with Gasteiger partial charge in [0.1, 0.15) is 5.82 Å². The Morgan fingerprint density at radius 3 is 2.48 bits per heavy atom. The third-order valence-electron chi connectivity index (χ3n) is 5.97. The van der Waals surface area contributed by atoms with E-state index in [0.717, 1.165) is 31.9 Å². The number of hydrogen-bond donors (Lipinski definition) is 1. The van der Waals surface area contributed by atoms with Gasteiger partial charge in [-0.05, 0) is 70.9 Å². The number of piperidine rings is 1. The topological polar surface area (TPSA) is 57.2 Å². The lowest BCUT2D eigenvalue weighted by Gasteiger charge is -2.32. The van der Waals surface area contributed by atoms with Gasteiger partial charge in [-0.2, -0.15) is 5.10 Å². The highest BCUT2D eigenvalue weighted by Crippen LogP contribution is 2.23. The number of nitrogens with one attached hydrogen (secondary N) is 1. The maximum atomic E-state index is 11.7. The number of nitrogens with zero attached hydrogens (tertiary/aromatic N) is 4. The van der Waals surface area contributed by atoms with Crippen molar-refractivity contribution in [3.63, 3.8) is 0 Å². The summed E-state index contributed by atoms with van der Waals surface area (Å²) in [5, 5.41) is 6.79. The van der Waals surface area contributed by atoms with Crippen LogP contribution in [-0.4, -0.2) is 51.7 Å². The minimum absolute atomic E-state index is 0.0861. The van der Waals surface area contributed by atoms with Gasteiger partial charge in [-0.1, -0.05) is 24.3 Å². The Labute approximate surface area is 162 Å². The van der Waals surface area contributed by atoms with Crippen LogP contribution in [-0.2, 0) is 19.5 Å². The molecule has 2 aromatic rings. The second-order valence-corrected chi connectivity index (χ2v) is 7.99. The molecule has 0 saturated carbocycles. The van der Waals surface area contributed by atoms with Crippen LogP contribution in [0.1, 0.15) is 49.7 Å². The molecule has 0 radical (unpaired) electrons. The molecule has 1 aromatic heterocycles. The molecule has 0 spiro atoms. The van der Waals surface area contributed by atoms with Crippen molar-refractivity contribution in [3.8, 4) is 0 Å². The van der Waals surface area contributed by atoms with Crippen LogP contribution < -0.4 is 5.69 Å². The van der Waals surface area contributed by atoms with Gasteiger partial charge < -0.3 is 4.90 Å². The Balaban J connectivity index is 1.50. The van der Waals surface area contributed by atoms with E-state index in [0.29, 0.717) is 18.5 Å². The fourth-order valence-electron chi connectivity index (χ4n) is 3.90. The van der Waals surface area contributed by atoms with Crippen molar-refractivity contribution in [2.45, 2.75) is 52.2 Å². The number of benzene rings is 1. The standard InChI is InChI=1S/C21H33N5O/c1-5-26-20(22-23-21(26)27)14-17-10-12-25(13-11-17)15-18-6-8-19(9-7-18)16(2)24(3)4/h6-9,16-17H,5,10-15H2,1-4H3,(H,23,27). The van der Waals surface area contributed by atoms with E-state index < -0.39 is 0 Å². The highest BCUT2D eigenvalue weighted by molar-refractivity contribution is 5.24. The van der Waals surface area contributed by atoms with Crippen molar-refractivity contribution in [2.75, 3.05) is 27.2 Å². The summed E-state index contributed by atoms with van der Waals surface area (Å²) in [7, 11) is 4.23. The van der Waals surface area contributed by atoms with Crippen molar-refractivity contribution in [2.24, 2.45) is 5.92 Å². The van der Waals surface area contributed by atoms with Crippen LogP contribution in [0.4, 0.5) is 0 Å². The first-order valence-corrected chi connectivity index (χ1v) is 10.1. The second kappa shape index (κ2) is 8.85. The summed E-state index contributed by atoms with van der Waals surface area (Å²) in [6.07, 6.45) is 3.23. The number of hydrogen-bond acceptors (Lipinski definition) is 4. The normalized spacial score (nSPS) is 17.5. The lowest BCUT2D eigenvalue weighted by atomic mass is 9.93. The molecule has 1 aliphatic heterocycles. The van der Waals surface area contributed by atoms with Crippen LogP contribution in [0.3, 0.4) is 0 Å². The quantitative estimate of drug-likeness (QED) is 0.813. The third kappa shape index (κ3) is 4.87. The largest absolute Gasteiger partial charge is 0.343 e. The van der Waals surface area contributed by atoms with Gasteiger partial charge in [-0.3, -0.25) is 9.47 Å². The highest BCUT2D eigenvalue weighted by Gasteiger charge is 2.22. The summed E-state index contributed by atoms with van der Waals surface area (Å²) in [5.41, 5.74) is 2.66. The van der Waals surface area contributed by atoms with Crippen LogP contribution in [0.5, 0.6) is 0 Å². The molecular weight excluding hydrogens is 338 g/mol. The smallest absolute Gasteiger partial charge is 0.303 e. The molecule has 6 nitrogen and oxygen atoms in total. The minimum Gasteiger partial charge on any atom is -0.303 e. The molecule has 6 heteroatoms. The van der Waals surface area contributed by atoms with Crippen LogP contribution in [0, 0.1) is 5.92 Å². The van der Waals surface area contributed by atoms with Gasteiger partial charge in [-0.15, -0.1) is 0 Å². The Kier molecular flexibility index (Phi) is 6.50. The SMILES string of the molecule is CCn1c(CC2CCN(Cc3ccc(C(C)N(C)C)cc3)CC2)n[nH]c1=O. The molecule has 0 aliphatic carbocycles. The summed E-state index contributed by atoms with van der Waals surface area (Å²) in [6.45, 7) is 8.16. The highest BCUT2D eigenvalue weighted by atomic mass is 16.1. The molecule has 3 rings (SSSR count). The Hall–Kier alpha value is -1.92. The summed E-state index contributed by atoms with van der Waals surface area (Å²) in [6, 6.07) is 9.50. The number of aromatic nitrogens is 3. The minimum atomic E-state index is -0.0861. The lowest BCUT2D eigenvalue weighted by Crippen LogP contribution is -2.34. The Morgan fingerprint density at radius 2 is 1.89 bits per heavy atom. The van der Waals surface area contributed by atoms with Crippen molar-refractivity contribution >= 4 is 0 Å². The molecule has 0 amide bonds. The molecule has 1 saturated heterocycles. The van der Waals surface area contributed by atoms with Crippen LogP contribution in [0.2, 0.25) is 0 Å². The molecule has 1 N–H and O–H groups in total. The summed E-state index contributed by atoms with van der Waals surface area (Å²) in [5.74, 6) is 1.52. The van der Waals surface area contributed by atoms with E-state index in [-0.39, 0.29) is 5.69 Å². The monoisotopic (exact) mass is 371 g/mol. The maximum Gasteiger partial charge on any atom is 0.343 e. The molecule has 27 heavy (non-hydrogen) atoms. The number of rotatable bonds is 7.